The third kappa shape index (κ3) is 10.8. The van der Waals surface area contributed by atoms with Gasteiger partial charge in [0, 0.05) is 37.3 Å². The Kier molecular flexibility index (Phi) is 13.8. The fraction of sp³-hybridized carbons (Fsp3) is 0.318. The average Bonchev–Trinajstić information content (AvgIpc) is 3.62. The minimum absolute atomic E-state index is 0.0458. The second-order valence-corrected chi connectivity index (χ2v) is 16.5. The molecule has 2 N–H and O–H groups in total. The Morgan fingerprint density at radius 1 is 0.571 bits per heavy atom. The summed E-state index contributed by atoms with van der Waals surface area (Å²) in [5, 5.41) is 6.04. The largest absolute Gasteiger partial charge is 0.326 e. The third-order valence-electron chi connectivity index (χ3n) is 9.59. The molecule has 4 aromatic rings. The van der Waals surface area contributed by atoms with Crippen LogP contribution in [0.1, 0.15) is 60.8 Å². The molecule has 2 fully saturated rings. The molecule has 2 aliphatic heterocycles. The van der Waals surface area contributed by atoms with Crippen LogP contribution in [0, 0.1) is 27.7 Å². The molecule has 0 bridgehead atoms. The van der Waals surface area contributed by atoms with Gasteiger partial charge in [-0.05, 0) is 99.2 Å². The molecule has 0 radical (unpaired) electrons. The molecule has 2 saturated heterocycles. The Balaban J connectivity index is 1.05. The molecule has 0 spiro atoms. The highest BCUT2D eigenvalue weighted by Gasteiger charge is 2.40. The molecular weight excluding hydrogens is 741 g/mol. The zero-order valence-corrected chi connectivity index (χ0v) is 33.9. The number of anilines is 2. The van der Waals surface area contributed by atoms with Crippen LogP contribution in [0.5, 0.6) is 0 Å². The lowest BCUT2D eigenvalue weighted by molar-refractivity contribution is -0.128. The van der Waals surface area contributed by atoms with E-state index in [1.54, 1.807) is 9.80 Å². The summed E-state index contributed by atoms with van der Waals surface area (Å²) in [5.41, 5.74) is 7.02. The standard InChI is InChI=1S/C44H48N6O4S2/c1-29-19-21-31(3)35(25-29)47-39(51)27-37-41(53)49(43(55-37)45-33-15-9-7-10-16-33)23-13-5-6-14-24-50-42(54)38(56-44(50)46-34-17-11-8-12-18-34)28-40(52)48-36-26-30(2)20-22-32(36)4/h7-12,15-22,25-26,37-38H,5-6,13-14,23-24,27-28H2,1-4H3,(H,47,51)(H,48,52)/t37-,38+. The molecule has 6 rings (SSSR count). The summed E-state index contributed by atoms with van der Waals surface area (Å²) in [5.74, 6) is -0.649. The number of amides is 4. The molecular formula is C44H48N6O4S2. The number of thioether (sulfide) groups is 2. The van der Waals surface area contributed by atoms with E-state index in [0.29, 0.717) is 23.4 Å². The first-order chi connectivity index (χ1) is 27.0. The van der Waals surface area contributed by atoms with E-state index in [0.717, 1.165) is 70.7 Å². The number of nitrogens with one attached hydrogen (secondary N) is 2. The van der Waals surface area contributed by atoms with Crippen molar-refractivity contribution in [3.05, 3.63) is 119 Å². The number of aliphatic imine (C=N–C) groups is 2. The monoisotopic (exact) mass is 788 g/mol. The number of nitrogens with zero attached hydrogens (tertiary/aromatic N) is 4. The number of hydrogen-bond acceptors (Lipinski definition) is 8. The maximum absolute atomic E-state index is 13.7. The minimum Gasteiger partial charge on any atom is -0.326 e. The van der Waals surface area contributed by atoms with E-state index in [1.165, 1.54) is 23.5 Å². The summed E-state index contributed by atoms with van der Waals surface area (Å²) in [6.45, 7) is 8.80. The van der Waals surface area contributed by atoms with Crippen LogP contribution in [0.15, 0.2) is 107 Å². The summed E-state index contributed by atoms with van der Waals surface area (Å²) in [6.07, 6.45) is 3.21. The van der Waals surface area contributed by atoms with E-state index in [9.17, 15) is 19.2 Å². The second kappa shape index (κ2) is 19.1. The van der Waals surface area contributed by atoms with Crippen molar-refractivity contribution in [3.8, 4) is 0 Å². The highest BCUT2D eigenvalue weighted by Crippen LogP contribution is 2.34. The Morgan fingerprint density at radius 2 is 0.964 bits per heavy atom. The van der Waals surface area contributed by atoms with Crippen LogP contribution in [-0.2, 0) is 19.2 Å². The first-order valence-corrected chi connectivity index (χ1v) is 20.8. The quantitative estimate of drug-likeness (QED) is 0.116. The van der Waals surface area contributed by atoms with Gasteiger partial charge in [-0.2, -0.15) is 0 Å². The first kappa shape index (κ1) is 40.5. The van der Waals surface area contributed by atoms with Gasteiger partial charge < -0.3 is 10.6 Å². The zero-order chi connectivity index (χ0) is 39.6. The van der Waals surface area contributed by atoms with Crippen molar-refractivity contribution in [2.24, 2.45) is 9.98 Å². The number of carbonyl (C=O) groups is 4. The molecule has 0 unspecified atom stereocenters. The van der Waals surface area contributed by atoms with Crippen molar-refractivity contribution in [1.82, 2.24) is 9.80 Å². The van der Waals surface area contributed by atoms with Gasteiger partial charge in [0.2, 0.25) is 23.6 Å². The lowest BCUT2D eigenvalue weighted by Gasteiger charge is -2.18. The molecule has 290 valence electrons. The normalized spacial score (nSPS) is 18.3. The molecule has 2 aliphatic rings. The first-order valence-electron chi connectivity index (χ1n) is 19.0. The minimum atomic E-state index is -0.570. The van der Waals surface area contributed by atoms with Crippen LogP contribution in [0.2, 0.25) is 0 Å². The molecule has 0 saturated carbocycles. The molecule has 10 nitrogen and oxygen atoms in total. The van der Waals surface area contributed by atoms with E-state index >= 15 is 0 Å². The number of hydrogen-bond donors (Lipinski definition) is 2. The van der Waals surface area contributed by atoms with Crippen molar-refractivity contribution in [1.29, 1.82) is 0 Å². The maximum Gasteiger partial charge on any atom is 0.242 e. The summed E-state index contributed by atoms with van der Waals surface area (Å²) in [7, 11) is 0. The summed E-state index contributed by atoms with van der Waals surface area (Å²) >= 11 is 2.67. The number of carbonyl (C=O) groups excluding carboxylic acids is 4. The number of unbranched alkanes of at least 4 members (excludes halogenated alkanes) is 3. The van der Waals surface area contributed by atoms with E-state index < -0.39 is 10.5 Å². The average molecular weight is 789 g/mol. The number of aryl methyl sites for hydroxylation is 4. The molecule has 0 aliphatic carbocycles. The highest BCUT2D eigenvalue weighted by atomic mass is 32.2. The van der Waals surface area contributed by atoms with Gasteiger partial charge in [0.05, 0.1) is 11.4 Å². The van der Waals surface area contributed by atoms with Crippen LogP contribution in [-0.4, -0.2) is 67.4 Å². The maximum atomic E-state index is 13.7. The van der Waals surface area contributed by atoms with Crippen LogP contribution in [0.3, 0.4) is 0 Å². The second-order valence-electron chi connectivity index (χ2n) is 14.2. The fourth-order valence-electron chi connectivity index (χ4n) is 6.46. The van der Waals surface area contributed by atoms with Gasteiger partial charge in [0.15, 0.2) is 10.3 Å². The summed E-state index contributed by atoms with van der Waals surface area (Å²) in [4.78, 5) is 66.7. The zero-order valence-electron chi connectivity index (χ0n) is 32.3. The molecule has 2 heterocycles. The van der Waals surface area contributed by atoms with Gasteiger partial charge in [0.1, 0.15) is 10.5 Å². The predicted molar refractivity (Wildman–Crippen MR) is 230 cm³/mol. The van der Waals surface area contributed by atoms with E-state index in [4.69, 9.17) is 9.98 Å². The van der Waals surface area contributed by atoms with Crippen LogP contribution in [0.25, 0.3) is 0 Å². The molecule has 4 aromatic carbocycles. The Hall–Kier alpha value is -5.20. The smallest absolute Gasteiger partial charge is 0.242 e. The summed E-state index contributed by atoms with van der Waals surface area (Å²) in [6, 6.07) is 30.9. The Bertz CT molecular complexity index is 1970. The number of amidine groups is 2. The van der Waals surface area contributed by atoms with Gasteiger partial charge in [-0.15, -0.1) is 0 Å². The number of benzene rings is 4. The van der Waals surface area contributed by atoms with Gasteiger partial charge >= 0.3 is 0 Å². The topological polar surface area (TPSA) is 124 Å². The van der Waals surface area contributed by atoms with Crippen molar-refractivity contribution in [3.63, 3.8) is 0 Å². The van der Waals surface area contributed by atoms with Gasteiger partial charge in [-0.3, -0.25) is 29.0 Å². The van der Waals surface area contributed by atoms with Crippen LogP contribution >= 0.6 is 23.5 Å². The van der Waals surface area contributed by atoms with E-state index in [2.05, 4.69) is 10.6 Å². The molecule has 2 atom stereocenters. The van der Waals surface area contributed by atoms with Gasteiger partial charge in [-0.25, -0.2) is 9.98 Å². The number of para-hydroxylation sites is 2. The van der Waals surface area contributed by atoms with E-state index in [1.807, 2.05) is 125 Å². The van der Waals surface area contributed by atoms with Crippen LogP contribution in [0.4, 0.5) is 22.7 Å². The van der Waals surface area contributed by atoms with Crippen LogP contribution < -0.4 is 10.6 Å². The predicted octanol–water partition coefficient (Wildman–Crippen LogP) is 9.10. The number of rotatable bonds is 15. The SMILES string of the molecule is Cc1ccc(C)c(NC(=O)C[C@@H]2SC(=Nc3ccccc3)N(CCCCCCN3C(=O)[C@@H](CC(=O)Nc4cc(C)ccc4C)SC3=Nc3ccccc3)C2=O)c1. The lowest BCUT2D eigenvalue weighted by Crippen LogP contribution is -2.34. The Labute approximate surface area is 337 Å². The van der Waals surface area contributed by atoms with Crippen molar-refractivity contribution < 1.29 is 19.2 Å². The van der Waals surface area contributed by atoms with Crippen molar-refractivity contribution in [2.75, 3.05) is 23.7 Å². The fourth-order valence-corrected chi connectivity index (χ4v) is 8.83. The van der Waals surface area contributed by atoms with Gasteiger partial charge in [-0.1, -0.05) is 97.0 Å². The molecule has 4 amide bonds. The molecule has 12 heteroatoms. The Morgan fingerprint density at radius 3 is 1.36 bits per heavy atom. The molecule has 0 aromatic heterocycles. The van der Waals surface area contributed by atoms with Crippen molar-refractivity contribution >= 4 is 80.2 Å². The third-order valence-corrected chi connectivity index (χ3v) is 11.9. The van der Waals surface area contributed by atoms with Gasteiger partial charge in [0.25, 0.3) is 0 Å². The lowest BCUT2D eigenvalue weighted by atomic mass is 10.1. The highest BCUT2D eigenvalue weighted by molar-refractivity contribution is 8.15. The van der Waals surface area contributed by atoms with E-state index in [-0.39, 0.29) is 36.5 Å². The van der Waals surface area contributed by atoms with Crippen molar-refractivity contribution in [2.45, 2.75) is 76.7 Å². The summed E-state index contributed by atoms with van der Waals surface area (Å²) < 4.78 is 0. The molecule has 56 heavy (non-hydrogen) atoms.